The monoisotopic (exact) mass is 260 g/mol. The van der Waals surface area contributed by atoms with Gasteiger partial charge in [0.15, 0.2) is 0 Å². The lowest BCUT2D eigenvalue weighted by molar-refractivity contribution is -0.122. The van der Waals surface area contributed by atoms with E-state index >= 15 is 0 Å². The Morgan fingerprint density at radius 2 is 2.21 bits per heavy atom. The molecule has 0 radical (unpaired) electrons. The van der Waals surface area contributed by atoms with E-state index in [1.54, 1.807) is 18.3 Å². The zero-order valence-electron chi connectivity index (χ0n) is 10.2. The second-order valence-corrected chi connectivity index (χ2v) is 4.67. The van der Waals surface area contributed by atoms with E-state index in [9.17, 15) is 9.18 Å². The number of amides is 1. The van der Waals surface area contributed by atoms with Crippen LogP contribution in [0.4, 0.5) is 4.39 Å². The molecule has 1 aliphatic rings. The minimum atomic E-state index is -0.240. The number of hydrogen-bond acceptors (Lipinski definition) is 3. The summed E-state index contributed by atoms with van der Waals surface area (Å²) < 4.78 is 14.3. The summed E-state index contributed by atoms with van der Waals surface area (Å²) >= 11 is 0. The van der Waals surface area contributed by atoms with Crippen LogP contribution in [0.25, 0.3) is 0 Å². The van der Waals surface area contributed by atoms with Crippen LogP contribution in [0.5, 0.6) is 0 Å². The Balaban J connectivity index is 1.53. The van der Waals surface area contributed by atoms with Gasteiger partial charge in [-0.25, -0.2) is 9.07 Å². The van der Waals surface area contributed by atoms with E-state index in [-0.39, 0.29) is 24.3 Å². The summed E-state index contributed by atoms with van der Waals surface area (Å²) in [5.74, 6) is -0.0309. The molecule has 98 valence electrons. The molecule has 1 amide bonds. The summed E-state index contributed by atoms with van der Waals surface area (Å²) in [5.41, 5.74) is 1.06. The van der Waals surface area contributed by atoms with Gasteiger partial charge in [0.1, 0.15) is 12.4 Å². The summed E-state index contributed by atoms with van der Waals surface area (Å²) in [7, 11) is 0. The molecular weight excluding hydrogens is 247 g/mol. The van der Waals surface area contributed by atoms with Gasteiger partial charge in [0.05, 0.1) is 6.20 Å². The molecule has 0 saturated heterocycles. The molecule has 2 atom stereocenters. The fraction of sp³-hybridized carbons (Fsp3) is 0.308. The highest BCUT2D eigenvalue weighted by Crippen LogP contribution is 2.40. The van der Waals surface area contributed by atoms with E-state index in [0.29, 0.717) is 5.92 Å². The molecule has 0 aliphatic heterocycles. The Morgan fingerprint density at radius 3 is 2.89 bits per heavy atom. The largest absolute Gasteiger partial charge is 0.351 e. The molecule has 0 unspecified atom stereocenters. The van der Waals surface area contributed by atoms with Crippen LogP contribution in [0.2, 0.25) is 0 Å². The van der Waals surface area contributed by atoms with Gasteiger partial charge in [-0.2, -0.15) is 0 Å². The maximum Gasteiger partial charge on any atom is 0.242 e. The van der Waals surface area contributed by atoms with E-state index in [4.69, 9.17) is 0 Å². The van der Waals surface area contributed by atoms with E-state index in [1.807, 2.05) is 0 Å². The Labute approximate surface area is 109 Å². The highest BCUT2D eigenvalue weighted by Gasteiger charge is 2.39. The van der Waals surface area contributed by atoms with Crippen molar-refractivity contribution in [3.8, 4) is 0 Å². The first-order chi connectivity index (χ1) is 9.22. The molecule has 6 heteroatoms. The van der Waals surface area contributed by atoms with Crippen molar-refractivity contribution in [1.29, 1.82) is 0 Å². The van der Waals surface area contributed by atoms with Crippen molar-refractivity contribution < 1.29 is 9.18 Å². The van der Waals surface area contributed by atoms with Gasteiger partial charge in [0.25, 0.3) is 0 Å². The van der Waals surface area contributed by atoms with Crippen molar-refractivity contribution in [2.45, 2.75) is 24.9 Å². The second kappa shape index (κ2) is 4.79. The first-order valence-electron chi connectivity index (χ1n) is 6.11. The average Bonchev–Trinajstić information content (AvgIpc) is 2.95. The van der Waals surface area contributed by atoms with Gasteiger partial charge in [0, 0.05) is 18.2 Å². The lowest BCUT2D eigenvalue weighted by atomic mass is 10.1. The lowest BCUT2D eigenvalue weighted by Gasteiger charge is -2.04. The maximum absolute atomic E-state index is 12.8. The molecule has 5 nitrogen and oxygen atoms in total. The van der Waals surface area contributed by atoms with E-state index in [0.717, 1.165) is 12.0 Å². The molecule has 1 fully saturated rings. The third kappa shape index (κ3) is 2.78. The topological polar surface area (TPSA) is 59.8 Å². The highest BCUT2D eigenvalue weighted by atomic mass is 19.1. The molecule has 1 saturated carbocycles. The number of rotatable bonds is 4. The van der Waals surface area contributed by atoms with Gasteiger partial charge in [0.2, 0.25) is 5.91 Å². The van der Waals surface area contributed by atoms with Crippen LogP contribution in [0.3, 0.4) is 0 Å². The SMILES string of the molecule is O=C(Cn1ccnn1)N[C@@H]1C[C@H]1c1ccc(F)cc1. The number of nitrogens with one attached hydrogen (secondary N) is 1. The van der Waals surface area contributed by atoms with Gasteiger partial charge in [-0.1, -0.05) is 17.3 Å². The summed E-state index contributed by atoms with van der Waals surface area (Å²) in [4.78, 5) is 11.7. The van der Waals surface area contributed by atoms with Gasteiger partial charge in [-0.05, 0) is 24.1 Å². The molecular formula is C13H13FN4O. The fourth-order valence-corrected chi connectivity index (χ4v) is 2.15. The van der Waals surface area contributed by atoms with E-state index in [2.05, 4.69) is 15.6 Å². The quantitative estimate of drug-likeness (QED) is 0.895. The minimum Gasteiger partial charge on any atom is -0.351 e. The van der Waals surface area contributed by atoms with Gasteiger partial charge in [-0.15, -0.1) is 5.10 Å². The smallest absolute Gasteiger partial charge is 0.242 e. The maximum atomic E-state index is 12.8. The van der Waals surface area contributed by atoms with E-state index < -0.39 is 0 Å². The van der Waals surface area contributed by atoms with Crippen molar-refractivity contribution in [1.82, 2.24) is 20.3 Å². The van der Waals surface area contributed by atoms with Crippen molar-refractivity contribution in [3.05, 3.63) is 48.0 Å². The Hall–Kier alpha value is -2.24. The second-order valence-electron chi connectivity index (χ2n) is 4.67. The fourth-order valence-electron chi connectivity index (χ4n) is 2.15. The molecule has 3 rings (SSSR count). The van der Waals surface area contributed by atoms with Crippen molar-refractivity contribution >= 4 is 5.91 Å². The number of carbonyl (C=O) groups is 1. The third-order valence-corrected chi connectivity index (χ3v) is 3.21. The number of halogens is 1. The Bertz CT molecular complexity index is 567. The van der Waals surface area contributed by atoms with Crippen molar-refractivity contribution in [2.24, 2.45) is 0 Å². The van der Waals surface area contributed by atoms with Gasteiger partial charge >= 0.3 is 0 Å². The van der Waals surface area contributed by atoms with Crippen LogP contribution in [-0.4, -0.2) is 26.9 Å². The molecule has 1 aromatic heterocycles. The number of carbonyl (C=O) groups excluding carboxylic acids is 1. The van der Waals surface area contributed by atoms with Crippen LogP contribution in [0.1, 0.15) is 17.9 Å². The number of benzene rings is 1. The first kappa shape index (κ1) is 11.8. The zero-order chi connectivity index (χ0) is 13.2. The molecule has 1 heterocycles. The third-order valence-electron chi connectivity index (χ3n) is 3.21. The molecule has 1 aliphatic carbocycles. The van der Waals surface area contributed by atoms with Crippen LogP contribution in [-0.2, 0) is 11.3 Å². The highest BCUT2D eigenvalue weighted by molar-refractivity contribution is 5.76. The first-order valence-corrected chi connectivity index (χ1v) is 6.11. The predicted molar refractivity (Wildman–Crippen MR) is 65.7 cm³/mol. The summed E-state index contributed by atoms with van der Waals surface area (Å²) in [6, 6.07) is 6.57. The van der Waals surface area contributed by atoms with Gasteiger partial charge in [-0.3, -0.25) is 4.79 Å². The van der Waals surface area contributed by atoms with Crippen LogP contribution >= 0.6 is 0 Å². The molecule has 19 heavy (non-hydrogen) atoms. The lowest BCUT2D eigenvalue weighted by Crippen LogP contribution is -2.30. The predicted octanol–water partition coefficient (Wildman–Crippen LogP) is 1.09. The van der Waals surface area contributed by atoms with Crippen LogP contribution in [0, 0.1) is 5.82 Å². The van der Waals surface area contributed by atoms with Crippen LogP contribution in [0.15, 0.2) is 36.7 Å². The summed E-state index contributed by atoms with van der Waals surface area (Å²) in [5, 5.41) is 10.3. The average molecular weight is 260 g/mol. The van der Waals surface area contributed by atoms with Crippen molar-refractivity contribution in [3.63, 3.8) is 0 Å². The van der Waals surface area contributed by atoms with Crippen molar-refractivity contribution in [2.75, 3.05) is 0 Å². The Kier molecular flexibility index (Phi) is 2.98. The van der Waals surface area contributed by atoms with Gasteiger partial charge < -0.3 is 5.32 Å². The number of hydrogen-bond donors (Lipinski definition) is 1. The molecule has 2 aromatic rings. The Morgan fingerprint density at radius 1 is 1.42 bits per heavy atom. The number of aromatic nitrogens is 3. The molecule has 1 aromatic carbocycles. The molecule has 0 spiro atoms. The standard InChI is InChI=1S/C13H13FN4O/c14-10-3-1-9(2-4-10)11-7-12(11)16-13(19)8-18-6-5-15-17-18/h1-6,11-12H,7-8H2,(H,16,19)/t11-,12+/m0/s1. The minimum absolute atomic E-state index is 0.0832. The normalized spacial score (nSPS) is 21.1. The summed E-state index contributed by atoms with van der Waals surface area (Å²) in [6.07, 6.45) is 4.07. The zero-order valence-corrected chi connectivity index (χ0v) is 10.2. The molecule has 0 bridgehead atoms. The van der Waals surface area contributed by atoms with E-state index in [1.165, 1.54) is 23.0 Å². The van der Waals surface area contributed by atoms with Crippen LogP contribution < -0.4 is 5.32 Å². The molecule has 1 N–H and O–H groups in total. The summed E-state index contributed by atoms with van der Waals surface area (Å²) in [6.45, 7) is 0.173. The number of nitrogens with zero attached hydrogens (tertiary/aromatic N) is 3.